The van der Waals surface area contributed by atoms with Gasteiger partial charge in [0, 0.05) is 33.1 Å². The second kappa shape index (κ2) is 7.90. The smallest absolute Gasteiger partial charge is 0.356 e. The molecule has 2 bridgehead atoms. The first kappa shape index (κ1) is 19.7. The number of imide groups is 1. The second-order valence-electron chi connectivity index (χ2n) is 7.33. The van der Waals surface area contributed by atoms with Crippen LogP contribution in [0.15, 0.2) is 17.1 Å². The molecule has 2 aliphatic carbocycles. The van der Waals surface area contributed by atoms with Crippen molar-refractivity contribution in [1.29, 1.82) is 0 Å². The number of carbonyl (C=O) groups is 2. The van der Waals surface area contributed by atoms with Gasteiger partial charge in [0.15, 0.2) is 5.96 Å². The molecule has 0 aromatic rings. The SMILES string of the molecule is CN=C(NCCCCC(F)(F)F)NCCN1C(=O)C2C3C=CC(C3)C2C1=O. The summed E-state index contributed by atoms with van der Waals surface area (Å²) in [5.41, 5.74) is 0. The molecule has 0 radical (unpaired) electrons. The topological polar surface area (TPSA) is 73.8 Å². The summed E-state index contributed by atoms with van der Waals surface area (Å²) in [6.45, 7) is 0.983. The maximum Gasteiger partial charge on any atom is 0.389 e. The number of alkyl halides is 3. The number of guanidine groups is 1. The number of hydrogen-bond donors (Lipinski definition) is 2. The largest absolute Gasteiger partial charge is 0.389 e. The van der Waals surface area contributed by atoms with Crippen LogP contribution in [0.1, 0.15) is 25.7 Å². The maximum absolute atomic E-state index is 12.6. The zero-order valence-corrected chi connectivity index (χ0v) is 15.3. The van der Waals surface area contributed by atoms with E-state index in [1.807, 2.05) is 0 Å². The van der Waals surface area contributed by atoms with Crippen LogP contribution in [0.5, 0.6) is 0 Å². The third-order valence-electron chi connectivity index (χ3n) is 5.59. The zero-order valence-electron chi connectivity index (χ0n) is 15.3. The number of likely N-dealkylation sites (tertiary alicyclic amines) is 1. The molecule has 4 unspecified atom stereocenters. The van der Waals surface area contributed by atoms with E-state index in [0.717, 1.165) is 6.42 Å². The molecule has 4 atom stereocenters. The third-order valence-corrected chi connectivity index (χ3v) is 5.59. The Labute approximate surface area is 156 Å². The summed E-state index contributed by atoms with van der Waals surface area (Å²) in [5, 5.41) is 5.94. The van der Waals surface area contributed by atoms with Crippen molar-refractivity contribution in [2.45, 2.75) is 31.9 Å². The van der Waals surface area contributed by atoms with Crippen molar-refractivity contribution >= 4 is 17.8 Å². The number of allylic oxidation sites excluding steroid dienone is 2. The average Bonchev–Trinajstić information content (AvgIpc) is 3.28. The van der Waals surface area contributed by atoms with Crippen LogP contribution in [-0.2, 0) is 9.59 Å². The molecule has 1 saturated carbocycles. The van der Waals surface area contributed by atoms with Gasteiger partial charge in [0.25, 0.3) is 0 Å². The molecular weight excluding hydrogens is 361 g/mol. The van der Waals surface area contributed by atoms with Crippen LogP contribution in [-0.4, -0.2) is 55.5 Å². The second-order valence-corrected chi connectivity index (χ2v) is 7.33. The Hall–Kier alpha value is -2.06. The summed E-state index contributed by atoms with van der Waals surface area (Å²) in [4.78, 5) is 30.5. The van der Waals surface area contributed by atoms with Gasteiger partial charge < -0.3 is 10.6 Å². The van der Waals surface area contributed by atoms with E-state index in [9.17, 15) is 22.8 Å². The van der Waals surface area contributed by atoms with Gasteiger partial charge in [0.2, 0.25) is 11.8 Å². The van der Waals surface area contributed by atoms with Crippen LogP contribution in [0, 0.1) is 23.7 Å². The molecule has 3 aliphatic rings. The molecule has 2 fully saturated rings. The van der Waals surface area contributed by atoms with Gasteiger partial charge in [0.05, 0.1) is 11.8 Å². The molecule has 0 spiro atoms. The van der Waals surface area contributed by atoms with E-state index in [1.165, 1.54) is 4.90 Å². The number of aliphatic imine (C=N–C) groups is 1. The predicted molar refractivity (Wildman–Crippen MR) is 93.7 cm³/mol. The zero-order chi connectivity index (χ0) is 19.6. The van der Waals surface area contributed by atoms with E-state index in [-0.39, 0.29) is 48.5 Å². The van der Waals surface area contributed by atoms with Crippen molar-refractivity contribution in [2.24, 2.45) is 28.7 Å². The lowest BCUT2D eigenvalue weighted by Crippen LogP contribution is -2.43. The van der Waals surface area contributed by atoms with Gasteiger partial charge in [-0.2, -0.15) is 13.2 Å². The minimum atomic E-state index is -4.12. The standard InChI is InChI=1S/C18H25F3N4O2/c1-22-17(23-7-3-2-6-18(19,20)21)24-8-9-25-15(26)13-11-4-5-12(10-11)14(13)16(25)27/h4-5,11-14H,2-3,6-10H2,1H3,(H2,22,23,24). The Morgan fingerprint density at radius 2 is 1.70 bits per heavy atom. The van der Waals surface area contributed by atoms with Crippen molar-refractivity contribution < 1.29 is 22.8 Å². The Morgan fingerprint density at radius 1 is 1.11 bits per heavy atom. The Morgan fingerprint density at radius 3 is 2.26 bits per heavy atom. The quantitative estimate of drug-likeness (QED) is 0.230. The van der Waals surface area contributed by atoms with Crippen LogP contribution in [0.4, 0.5) is 13.2 Å². The summed E-state index contributed by atoms with van der Waals surface area (Å²) in [6.07, 6.45) is 0.545. The average molecular weight is 386 g/mol. The van der Waals surface area contributed by atoms with Crippen molar-refractivity contribution in [3.63, 3.8) is 0 Å². The van der Waals surface area contributed by atoms with E-state index in [1.54, 1.807) is 7.05 Å². The van der Waals surface area contributed by atoms with E-state index in [2.05, 4.69) is 27.8 Å². The summed E-state index contributed by atoms with van der Waals surface area (Å²) < 4.78 is 36.3. The first-order chi connectivity index (χ1) is 12.8. The number of carbonyl (C=O) groups excluding carboxylic acids is 2. The number of hydrogen-bond acceptors (Lipinski definition) is 3. The van der Waals surface area contributed by atoms with E-state index < -0.39 is 12.6 Å². The van der Waals surface area contributed by atoms with E-state index >= 15 is 0 Å². The number of fused-ring (bicyclic) bond motifs is 5. The van der Waals surface area contributed by atoms with Crippen LogP contribution < -0.4 is 10.6 Å². The molecule has 0 aromatic carbocycles. The highest BCUT2D eigenvalue weighted by Gasteiger charge is 2.58. The van der Waals surface area contributed by atoms with Crippen molar-refractivity contribution in [3.8, 4) is 0 Å². The van der Waals surface area contributed by atoms with Gasteiger partial charge in [-0.15, -0.1) is 0 Å². The molecule has 0 aromatic heterocycles. The Bertz CT molecular complexity index is 617. The minimum Gasteiger partial charge on any atom is -0.356 e. The van der Waals surface area contributed by atoms with Crippen LogP contribution >= 0.6 is 0 Å². The van der Waals surface area contributed by atoms with Gasteiger partial charge >= 0.3 is 6.18 Å². The fraction of sp³-hybridized carbons (Fsp3) is 0.722. The number of unbranched alkanes of at least 4 members (excludes halogenated alkanes) is 1. The van der Waals surface area contributed by atoms with Crippen molar-refractivity contribution in [2.75, 3.05) is 26.7 Å². The summed E-state index contributed by atoms with van der Waals surface area (Å²) in [5.74, 6) is 0.277. The molecule has 27 heavy (non-hydrogen) atoms. The molecular formula is C18H25F3N4O2. The van der Waals surface area contributed by atoms with Gasteiger partial charge in [0.1, 0.15) is 0 Å². The normalized spacial score (nSPS) is 29.6. The number of halogens is 3. The number of amides is 2. The van der Waals surface area contributed by atoms with E-state index in [4.69, 9.17) is 0 Å². The van der Waals surface area contributed by atoms with Crippen LogP contribution in [0.2, 0.25) is 0 Å². The molecule has 2 N–H and O–H groups in total. The predicted octanol–water partition coefficient (Wildman–Crippen LogP) is 1.69. The lowest BCUT2D eigenvalue weighted by molar-refractivity contribution is -0.140. The number of nitrogens with zero attached hydrogens (tertiary/aromatic N) is 2. The van der Waals surface area contributed by atoms with Gasteiger partial charge in [-0.3, -0.25) is 19.5 Å². The molecule has 150 valence electrons. The van der Waals surface area contributed by atoms with Crippen LogP contribution in [0.25, 0.3) is 0 Å². The highest BCUT2D eigenvalue weighted by Crippen LogP contribution is 2.52. The summed E-state index contributed by atoms with van der Waals surface area (Å²) >= 11 is 0. The number of rotatable bonds is 7. The maximum atomic E-state index is 12.6. The fourth-order valence-corrected chi connectivity index (χ4v) is 4.35. The lowest BCUT2D eigenvalue weighted by Gasteiger charge is -2.18. The summed E-state index contributed by atoms with van der Waals surface area (Å²) in [7, 11) is 1.56. The first-order valence-corrected chi connectivity index (χ1v) is 9.36. The highest BCUT2D eigenvalue weighted by molar-refractivity contribution is 6.06. The molecule has 6 nitrogen and oxygen atoms in total. The molecule has 1 heterocycles. The lowest BCUT2D eigenvalue weighted by atomic mass is 9.85. The monoisotopic (exact) mass is 386 g/mol. The van der Waals surface area contributed by atoms with Gasteiger partial charge in [-0.25, -0.2) is 0 Å². The van der Waals surface area contributed by atoms with E-state index in [0.29, 0.717) is 25.5 Å². The fourth-order valence-electron chi connectivity index (χ4n) is 4.35. The van der Waals surface area contributed by atoms with Crippen LogP contribution in [0.3, 0.4) is 0 Å². The molecule has 9 heteroatoms. The molecule has 1 aliphatic heterocycles. The van der Waals surface area contributed by atoms with Gasteiger partial charge in [-0.05, 0) is 31.1 Å². The van der Waals surface area contributed by atoms with Crippen molar-refractivity contribution in [1.82, 2.24) is 15.5 Å². The molecule has 3 rings (SSSR count). The Kier molecular flexibility index (Phi) is 5.76. The first-order valence-electron chi connectivity index (χ1n) is 9.36. The van der Waals surface area contributed by atoms with Crippen molar-refractivity contribution in [3.05, 3.63) is 12.2 Å². The molecule has 2 amide bonds. The summed E-state index contributed by atoms with van der Waals surface area (Å²) in [6, 6.07) is 0. The third kappa shape index (κ3) is 4.27. The number of nitrogens with one attached hydrogen (secondary N) is 2. The minimum absolute atomic E-state index is 0.0589. The Balaban J connectivity index is 1.38. The van der Waals surface area contributed by atoms with Gasteiger partial charge in [-0.1, -0.05) is 12.2 Å². The highest BCUT2D eigenvalue weighted by atomic mass is 19.4. The molecule has 1 saturated heterocycles.